The molecule has 4 nitrogen and oxygen atoms in total. The van der Waals surface area contributed by atoms with Crippen LogP contribution in [0.3, 0.4) is 0 Å². The number of urea groups is 1. The van der Waals surface area contributed by atoms with E-state index >= 15 is 0 Å². The Balaban J connectivity index is 1.84. The number of carbonyl (C=O) groups excluding carboxylic acids is 1. The Morgan fingerprint density at radius 3 is 2.52 bits per heavy atom. The van der Waals surface area contributed by atoms with Gasteiger partial charge in [-0.15, -0.1) is 11.3 Å². The van der Waals surface area contributed by atoms with Crippen LogP contribution in [-0.2, 0) is 26.3 Å². The van der Waals surface area contributed by atoms with Crippen molar-refractivity contribution in [2.75, 3.05) is 5.32 Å². The minimum Gasteiger partial charge on any atom is -0.353 e. The van der Waals surface area contributed by atoms with Crippen molar-refractivity contribution in [3.05, 3.63) is 76.2 Å². The van der Waals surface area contributed by atoms with Gasteiger partial charge in [0.1, 0.15) is 0 Å². The predicted molar refractivity (Wildman–Crippen MR) is 99.4 cm³/mol. The molecule has 1 N–H and O–H groups in total. The number of nitrogens with zero attached hydrogens (tertiary/aromatic N) is 2. The molecule has 0 bridgehead atoms. The molecule has 0 saturated carbocycles. The van der Waals surface area contributed by atoms with Gasteiger partial charge < -0.3 is 14.8 Å². The summed E-state index contributed by atoms with van der Waals surface area (Å²) in [7, 11) is 1.86. The first kappa shape index (κ1) is 19.0. The first-order valence-corrected chi connectivity index (χ1v) is 9.07. The van der Waals surface area contributed by atoms with E-state index in [1.807, 2.05) is 47.5 Å². The summed E-state index contributed by atoms with van der Waals surface area (Å²) in [4.78, 5) is 15.2. The van der Waals surface area contributed by atoms with E-state index in [1.165, 1.54) is 34.4 Å². The van der Waals surface area contributed by atoms with Crippen molar-refractivity contribution in [2.24, 2.45) is 7.05 Å². The Hall–Kier alpha value is -2.74. The zero-order valence-electron chi connectivity index (χ0n) is 14.5. The summed E-state index contributed by atoms with van der Waals surface area (Å²) in [5.74, 6) is 0. The third-order valence-corrected chi connectivity index (χ3v) is 4.95. The molecule has 2 aromatic heterocycles. The Kier molecular flexibility index (Phi) is 5.55. The van der Waals surface area contributed by atoms with Crippen LogP contribution in [0.5, 0.6) is 0 Å². The molecule has 1 aromatic carbocycles. The zero-order valence-corrected chi connectivity index (χ0v) is 15.3. The third-order valence-electron chi connectivity index (χ3n) is 4.09. The molecule has 2 heterocycles. The van der Waals surface area contributed by atoms with Crippen molar-refractivity contribution in [3.8, 4) is 0 Å². The van der Waals surface area contributed by atoms with Crippen LogP contribution in [0, 0.1) is 0 Å². The van der Waals surface area contributed by atoms with E-state index in [1.54, 1.807) is 0 Å². The number of rotatable bonds is 5. The summed E-state index contributed by atoms with van der Waals surface area (Å²) in [6.45, 7) is 0.588. The lowest BCUT2D eigenvalue weighted by Gasteiger charge is -2.24. The maximum Gasteiger partial charge on any atom is 0.418 e. The first-order valence-electron chi connectivity index (χ1n) is 8.19. The molecule has 3 rings (SSSR count). The summed E-state index contributed by atoms with van der Waals surface area (Å²) in [6.07, 6.45) is -2.68. The SMILES string of the molecule is Cn1cccc1CN(Cc1cccs1)C(=O)Nc1ccccc1C(F)(F)F. The number of thiophene rings is 1. The van der Waals surface area contributed by atoms with Gasteiger partial charge in [0.15, 0.2) is 0 Å². The van der Waals surface area contributed by atoms with Crippen molar-refractivity contribution < 1.29 is 18.0 Å². The molecule has 0 aliphatic carbocycles. The molecule has 0 fully saturated rings. The molecule has 0 saturated heterocycles. The van der Waals surface area contributed by atoms with Gasteiger partial charge in [0.05, 0.1) is 24.3 Å². The maximum absolute atomic E-state index is 13.2. The highest BCUT2D eigenvalue weighted by Crippen LogP contribution is 2.34. The summed E-state index contributed by atoms with van der Waals surface area (Å²) >= 11 is 1.49. The van der Waals surface area contributed by atoms with E-state index in [2.05, 4.69) is 5.32 Å². The van der Waals surface area contributed by atoms with Crippen LogP contribution in [0.25, 0.3) is 0 Å². The van der Waals surface area contributed by atoms with Crippen molar-refractivity contribution in [1.82, 2.24) is 9.47 Å². The molecular formula is C19H18F3N3OS. The van der Waals surface area contributed by atoms with E-state index in [0.29, 0.717) is 6.54 Å². The molecule has 0 unspecified atom stereocenters. The van der Waals surface area contributed by atoms with Crippen molar-refractivity contribution >= 4 is 23.1 Å². The predicted octanol–water partition coefficient (Wildman–Crippen LogP) is 5.34. The van der Waals surface area contributed by atoms with Gasteiger partial charge in [-0.3, -0.25) is 0 Å². The Morgan fingerprint density at radius 2 is 1.89 bits per heavy atom. The second-order valence-corrected chi connectivity index (χ2v) is 7.05. The quantitative estimate of drug-likeness (QED) is 0.624. The monoisotopic (exact) mass is 393 g/mol. The van der Waals surface area contributed by atoms with Crippen LogP contribution in [0.2, 0.25) is 0 Å². The Labute approximate surface area is 158 Å². The number of aryl methyl sites for hydroxylation is 1. The molecular weight excluding hydrogens is 375 g/mol. The van der Waals surface area contributed by atoms with Gasteiger partial charge in [-0.1, -0.05) is 18.2 Å². The number of anilines is 1. The molecule has 0 spiro atoms. The molecule has 0 aliphatic heterocycles. The molecule has 2 amide bonds. The van der Waals surface area contributed by atoms with Crippen molar-refractivity contribution in [2.45, 2.75) is 19.3 Å². The number of hydrogen-bond acceptors (Lipinski definition) is 2. The van der Waals surface area contributed by atoms with Crippen molar-refractivity contribution in [1.29, 1.82) is 0 Å². The number of alkyl halides is 3. The molecule has 142 valence electrons. The van der Waals surface area contributed by atoms with Crippen LogP contribution in [-0.4, -0.2) is 15.5 Å². The van der Waals surface area contributed by atoms with Crippen LogP contribution in [0.4, 0.5) is 23.7 Å². The molecule has 0 radical (unpaired) electrons. The number of nitrogens with one attached hydrogen (secondary N) is 1. The van der Waals surface area contributed by atoms with Crippen LogP contribution >= 0.6 is 11.3 Å². The van der Waals surface area contributed by atoms with Crippen molar-refractivity contribution in [3.63, 3.8) is 0 Å². The van der Waals surface area contributed by atoms with E-state index in [9.17, 15) is 18.0 Å². The largest absolute Gasteiger partial charge is 0.418 e. The van der Waals surface area contributed by atoms with Crippen LogP contribution < -0.4 is 5.32 Å². The average Bonchev–Trinajstić information content (AvgIpc) is 3.26. The van der Waals surface area contributed by atoms with E-state index in [0.717, 1.165) is 16.6 Å². The molecule has 0 aliphatic rings. The second kappa shape index (κ2) is 7.87. The normalized spacial score (nSPS) is 11.4. The fourth-order valence-electron chi connectivity index (χ4n) is 2.68. The molecule has 8 heteroatoms. The molecule has 27 heavy (non-hydrogen) atoms. The second-order valence-electron chi connectivity index (χ2n) is 6.02. The third kappa shape index (κ3) is 4.71. The van der Waals surface area contributed by atoms with E-state index < -0.39 is 17.8 Å². The lowest BCUT2D eigenvalue weighted by molar-refractivity contribution is -0.136. The molecule has 0 atom stereocenters. The number of halogens is 3. The highest BCUT2D eigenvalue weighted by atomic mass is 32.1. The van der Waals surface area contributed by atoms with Gasteiger partial charge in [-0.25, -0.2) is 4.79 Å². The minimum atomic E-state index is -4.54. The first-order chi connectivity index (χ1) is 12.8. The number of aromatic nitrogens is 1. The number of para-hydroxylation sites is 1. The smallest absolute Gasteiger partial charge is 0.353 e. The minimum absolute atomic E-state index is 0.252. The van der Waals surface area contributed by atoms with Crippen LogP contribution in [0.15, 0.2) is 60.1 Å². The van der Waals surface area contributed by atoms with Crippen LogP contribution in [0.1, 0.15) is 16.1 Å². The fourth-order valence-corrected chi connectivity index (χ4v) is 3.40. The van der Waals surface area contributed by atoms with E-state index in [-0.39, 0.29) is 12.2 Å². The number of benzene rings is 1. The number of carbonyl (C=O) groups is 1. The van der Waals surface area contributed by atoms with Gasteiger partial charge in [0.25, 0.3) is 0 Å². The van der Waals surface area contributed by atoms with Gasteiger partial charge in [0, 0.05) is 23.8 Å². The summed E-state index contributed by atoms with van der Waals surface area (Å²) in [5, 5.41) is 4.32. The summed E-state index contributed by atoms with van der Waals surface area (Å²) < 4.78 is 41.5. The standard InChI is InChI=1S/C19H18F3N3OS/c1-24-10-4-6-14(24)12-25(13-15-7-5-11-27-15)18(26)23-17-9-3-2-8-16(17)19(20,21)22/h2-11H,12-13H2,1H3,(H,23,26). The Bertz CT molecular complexity index is 903. The topological polar surface area (TPSA) is 37.3 Å². The number of amides is 2. The zero-order chi connectivity index (χ0) is 19.4. The summed E-state index contributed by atoms with van der Waals surface area (Å²) in [5.41, 5.74) is -0.239. The summed E-state index contributed by atoms with van der Waals surface area (Å²) in [6, 6.07) is 11.9. The fraction of sp³-hybridized carbons (Fsp3) is 0.211. The van der Waals surface area contributed by atoms with Gasteiger partial charge >= 0.3 is 12.2 Å². The van der Waals surface area contributed by atoms with E-state index in [4.69, 9.17) is 0 Å². The highest BCUT2D eigenvalue weighted by Gasteiger charge is 2.34. The molecule has 3 aromatic rings. The highest BCUT2D eigenvalue weighted by molar-refractivity contribution is 7.09. The van der Waals surface area contributed by atoms with Gasteiger partial charge in [0.2, 0.25) is 0 Å². The average molecular weight is 393 g/mol. The Morgan fingerprint density at radius 1 is 1.11 bits per heavy atom. The lowest BCUT2D eigenvalue weighted by atomic mass is 10.1. The van der Waals surface area contributed by atoms with Gasteiger partial charge in [-0.2, -0.15) is 13.2 Å². The lowest BCUT2D eigenvalue weighted by Crippen LogP contribution is -2.35. The number of hydrogen-bond donors (Lipinski definition) is 1. The maximum atomic E-state index is 13.2. The van der Waals surface area contributed by atoms with Gasteiger partial charge in [-0.05, 0) is 35.7 Å².